The summed E-state index contributed by atoms with van der Waals surface area (Å²) in [6, 6.07) is 11.9. The molecule has 1 heterocycles. The molecule has 0 aliphatic carbocycles. The van der Waals surface area contributed by atoms with Crippen LogP contribution in [0.3, 0.4) is 0 Å². The van der Waals surface area contributed by atoms with Crippen LogP contribution < -0.4 is 15.0 Å². The van der Waals surface area contributed by atoms with Crippen LogP contribution in [-0.2, 0) is 6.54 Å². The second-order valence-electron chi connectivity index (χ2n) is 5.18. The molecule has 0 fully saturated rings. The van der Waals surface area contributed by atoms with E-state index < -0.39 is 0 Å². The van der Waals surface area contributed by atoms with Gasteiger partial charge in [-0.05, 0) is 30.7 Å². The van der Waals surface area contributed by atoms with E-state index in [1.54, 1.807) is 0 Å². The van der Waals surface area contributed by atoms with E-state index >= 15 is 0 Å². The minimum atomic E-state index is 0.616. The Bertz CT molecular complexity index is 552. The maximum atomic E-state index is 5.79. The van der Waals surface area contributed by atoms with Crippen molar-refractivity contribution in [3.63, 3.8) is 0 Å². The monoisotopic (exact) mass is 285 g/mol. The molecule has 0 atom stereocenters. The lowest BCUT2D eigenvalue weighted by Crippen LogP contribution is -2.13. The Labute approximate surface area is 126 Å². The zero-order valence-electron chi connectivity index (χ0n) is 13.0. The third-order valence-electron chi connectivity index (χ3n) is 3.11. The van der Waals surface area contributed by atoms with E-state index in [-0.39, 0.29) is 0 Å². The number of ether oxygens (including phenoxy) is 1. The fourth-order valence-electron chi connectivity index (χ4n) is 1.93. The van der Waals surface area contributed by atoms with Crippen molar-refractivity contribution in [2.45, 2.75) is 19.9 Å². The van der Waals surface area contributed by atoms with Crippen LogP contribution in [0.1, 0.15) is 18.9 Å². The van der Waals surface area contributed by atoms with E-state index in [1.807, 2.05) is 61.6 Å². The van der Waals surface area contributed by atoms with Gasteiger partial charge >= 0.3 is 0 Å². The molecule has 0 aliphatic heterocycles. The van der Waals surface area contributed by atoms with E-state index in [0.717, 1.165) is 36.5 Å². The predicted molar refractivity (Wildman–Crippen MR) is 87.1 cm³/mol. The first-order valence-corrected chi connectivity index (χ1v) is 7.30. The first kappa shape index (κ1) is 15.3. The first-order valence-electron chi connectivity index (χ1n) is 7.30. The van der Waals surface area contributed by atoms with Gasteiger partial charge in [0.2, 0.25) is 5.88 Å². The van der Waals surface area contributed by atoms with Gasteiger partial charge in [0.25, 0.3) is 0 Å². The number of aromatic nitrogens is 1. The lowest BCUT2D eigenvalue weighted by atomic mass is 10.2. The quantitative estimate of drug-likeness (QED) is 0.791. The summed E-state index contributed by atoms with van der Waals surface area (Å²) in [5.74, 6) is 1.41. The molecule has 0 radical (unpaired) electrons. The number of hydrogen-bond donors (Lipinski definition) is 1. The van der Waals surface area contributed by atoms with Gasteiger partial charge in [0.05, 0.1) is 0 Å². The molecular formula is C17H23N3O. The van der Waals surface area contributed by atoms with Crippen molar-refractivity contribution in [3.05, 3.63) is 48.2 Å². The topological polar surface area (TPSA) is 37.4 Å². The summed E-state index contributed by atoms with van der Waals surface area (Å²) in [6.07, 6.45) is 2.99. The number of nitrogens with zero attached hydrogens (tertiary/aromatic N) is 2. The highest BCUT2D eigenvalue weighted by atomic mass is 16.5. The summed E-state index contributed by atoms with van der Waals surface area (Å²) in [6.45, 7) is 4.02. The fraction of sp³-hybridized carbons (Fsp3) is 0.353. The molecule has 0 aliphatic rings. The van der Waals surface area contributed by atoms with Gasteiger partial charge in [-0.2, -0.15) is 0 Å². The Morgan fingerprint density at radius 2 is 2.05 bits per heavy atom. The lowest BCUT2D eigenvalue weighted by Gasteiger charge is -2.13. The molecule has 4 heteroatoms. The van der Waals surface area contributed by atoms with Gasteiger partial charge in [-0.1, -0.05) is 19.1 Å². The van der Waals surface area contributed by atoms with Crippen molar-refractivity contribution < 1.29 is 4.74 Å². The van der Waals surface area contributed by atoms with Gasteiger partial charge in [0, 0.05) is 44.7 Å². The average molecular weight is 285 g/mol. The molecule has 4 nitrogen and oxygen atoms in total. The number of rotatable bonds is 7. The molecule has 21 heavy (non-hydrogen) atoms. The molecule has 0 amide bonds. The van der Waals surface area contributed by atoms with Crippen LogP contribution in [-0.4, -0.2) is 25.6 Å². The highest BCUT2D eigenvalue weighted by Gasteiger charge is 2.02. The Balaban J connectivity index is 1.98. The maximum absolute atomic E-state index is 5.79. The largest absolute Gasteiger partial charge is 0.439 e. The van der Waals surface area contributed by atoms with Crippen LogP contribution in [0.25, 0.3) is 0 Å². The summed E-state index contributed by atoms with van der Waals surface area (Å²) >= 11 is 0. The van der Waals surface area contributed by atoms with E-state index in [1.165, 1.54) is 0 Å². The van der Waals surface area contributed by atoms with Gasteiger partial charge in [0.1, 0.15) is 5.75 Å². The van der Waals surface area contributed by atoms with E-state index in [0.29, 0.717) is 5.88 Å². The minimum Gasteiger partial charge on any atom is -0.439 e. The molecule has 1 N–H and O–H groups in total. The van der Waals surface area contributed by atoms with Crippen molar-refractivity contribution in [2.75, 3.05) is 25.5 Å². The molecule has 1 aromatic heterocycles. The number of hydrogen-bond acceptors (Lipinski definition) is 4. The number of nitrogens with one attached hydrogen (secondary N) is 1. The molecule has 0 saturated heterocycles. The zero-order valence-corrected chi connectivity index (χ0v) is 13.0. The van der Waals surface area contributed by atoms with Crippen LogP contribution in [0.4, 0.5) is 5.69 Å². The summed E-state index contributed by atoms with van der Waals surface area (Å²) in [5, 5.41) is 3.35. The van der Waals surface area contributed by atoms with E-state index in [9.17, 15) is 0 Å². The van der Waals surface area contributed by atoms with E-state index in [4.69, 9.17) is 4.74 Å². The zero-order chi connectivity index (χ0) is 15.1. The Morgan fingerprint density at radius 3 is 2.71 bits per heavy atom. The Morgan fingerprint density at radius 1 is 1.19 bits per heavy atom. The molecule has 2 rings (SSSR count). The van der Waals surface area contributed by atoms with Crippen LogP contribution in [0, 0.1) is 0 Å². The summed E-state index contributed by atoms with van der Waals surface area (Å²) in [5.41, 5.74) is 2.27. The van der Waals surface area contributed by atoms with Gasteiger partial charge < -0.3 is 15.0 Å². The first-order chi connectivity index (χ1) is 10.2. The fourth-order valence-corrected chi connectivity index (χ4v) is 1.93. The number of benzene rings is 1. The van der Waals surface area contributed by atoms with Gasteiger partial charge in [-0.15, -0.1) is 0 Å². The summed E-state index contributed by atoms with van der Waals surface area (Å²) in [4.78, 5) is 6.40. The van der Waals surface area contributed by atoms with Crippen molar-refractivity contribution in [1.82, 2.24) is 10.3 Å². The third-order valence-corrected chi connectivity index (χ3v) is 3.11. The van der Waals surface area contributed by atoms with Gasteiger partial charge in [-0.3, -0.25) is 0 Å². The summed E-state index contributed by atoms with van der Waals surface area (Å²) in [7, 11) is 4.02. The van der Waals surface area contributed by atoms with Crippen molar-refractivity contribution in [2.24, 2.45) is 0 Å². The molecule has 112 valence electrons. The Hall–Kier alpha value is -2.07. The van der Waals surface area contributed by atoms with Gasteiger partial charge in [0.15, 0.2) is 0 Å². The SMILES string of the molecule is CCCNCc1ccc(Oc2cccc(N(C)C)c2)nc1. The molecule has 1 aromatic carbocycles. The smallest absolute Gasteiger partial charge is 0.219 e. The number of pyridine rings is 1. The molecular weight excluding hydrogens is 262 g/mol. The van der Waals surface area contributed by atoms with Crippen molar-refractivity contribution in [1.29, 1.82) is 0 Å². The highest BCUT2D eigenvalue weighted by molar-refractivity contribution is 5.50. The predicted octanol–water partition coefficient (Wildman–Crippen LogP) is 3.44. The molecule has 0 saturated carbocycles. The van der Waals surface area contributed by atoms with Gasteiger partial charge in [-0.25, -0.2) is 4.98 Å². The van der Waals surface area contributed by atoms with Crippen molar-refractivity contribution >= 4 is 5.69 Å². The van der Waals surface area contributed by atoms with Crippen LogP contribution in [0.2, 0.25) is 0 Å². The molecule has 0 bridgehead atoms. The third kappa shape index (κ3) is 4.76. The van der Waals surface area contributed by atoms with Crippen LogP contribution in [0.15, 0.2) is 42.6 Å². The van der Waals surface area contributed by atoms with Crippen LogP contribution >= 0.6 is 0 Å². The Kier molecular flexibility index (Phi) is 5.58. The second kappa shape index (κ2) is 7.64. The second-order valence-corrected chi connectivity index (χ2v) is 5.18. The standard InChI is InChI=1S/C17H23N3O/c1-4-10-18-12-14-8-9-17(19-13-14)21-16-7-5-6-15(11-16)20(2)3/h5-9,11,13,18H,4,10,12H2,1-3H3. The summed E-state index contributed by atoms with van der Waals surface area (Å²) < 4.78 is 5.79. The molecule has 2 aromatic rings. The van der Waals surface area contributed by atoms with E-state index in [2.05, 4.69) is 17.2 Å². The molecule has 0 spiro atoms. The normalized spacial score (nSPS) is 10.4. The lowest BCUT2D eigenvalue weighted by molar-refractivity contribution is 0.462. The molecule has 0 unspecified atom stereocenters. The van der Waals surface area contributed by atoms with Crippen molar-refractivity contribution in [3.8, 4) is 11.6 Å². The maximum Gasteiger partial charge on any atom is 0.219 e. The average Bonchev–Trinajstić information content (AvgIpc) is 2.49. The highest BCUT2D eigenvalue weighted by Crippen LogP contribution is 2.23. The van der Waals surface area contributed by atoms with Crippen LogP contribution in [0.5, 0.6) is 11.6 Å². The number of anilines is 1. The minimum absolute atomic E-state index is 0.616.